The van der Waals surface area contributed by atoms with E-state index in [1.807, 2.05) is 49.4 Å². The topological polar surface area (TPSA) is 39.2 Å². The summed E-state index contributed by atoms with van der Waals surface area (Å²) >= 11 is 5.36. The highest BCUT2D eigenvalue weighted by Gasteiger charge is 2.03. The molecule has 1 N–H and O–H groups in total. The summed E-state index contributed by atoms with van der Waals surface area (Å²) in [6, 6.07) is 15.7. The molecule has 0 unspecified atom stereocenters. The molecule has 4 nitrogen and oxygen atoms in total. The van der Waals surface area contributed by atoms with Gasteiger partial charge in [0.05, 0.1) is 24.2 Å². The molecule has 0 aliphatic rings. The Kier molecular flexibility index (Phi) is 4.44. The summed E-state index contributed by atoms with van der Waals surface area (Å²) in [6.07, 6.45) is 0. The lowest BCUT2D eigenvalue weighted by atomic mass is 10.3. The lowest BCUT2D eigenvalue weighted by Gasteiger charge is -2.09. The minimum absolute atomic E-state index is 0.560. The second kappa shape index (κ2) is 6.66. The van der Waals surface area contributed by atoms with Crippen molar-refractivity contribution < 1.29 is 9.47 Å². The number of nitrogens with one attached hydrogen (secondary N) is 1. The molecule has 1 aromatic heterocycles. The summed E-state index contributed by atoms with van der Waals surface area (Å²) in [5.41, 5.74) is 2.15. The molecule has 0 bridgehead atoms. The average Bonchev–Trinajstić information content (AvgIpc) is 2.85. The first-order valence-electron chi connectivity index (χ1n) is 7.31. The van der Waals surface area contributed by atoms with Crippen LogP contribution < -0.4 is 9.47 Å². The molecule has 0 radical (unpaired) electrons. The molecule has 3 rings (SSSR count). The van der Waals surface area contributed by atoms with E-state index in [0.717, 1.165) is 27.3 Å². The summed E-state index contributed by atoms with van der Waals surface area (Å²) in [6.45, 7) is 3.90. The van der Waals surface area contributed by atoms with Gasteiger partial charge >= 0.3 is 0 Å². The Bertz CT molecular complexity index is 805. The zero-order chi connectivity index (χ0) is 15.4. The molecule has 0 aliphatic carbocycles. The van der Waals surface area contributed by atoms with Crippen molar-refractivity contribution in [3.8, 4) is 11.5 Å². The van der Waals surface area contributed by atoms with Gasteiger partial charge in [-0.25, -0.2) is 0 Å². The van der Waals surface area contributed by atoms with Crippen LogP contribution in [-0.4, -0.2) is 22.8 Å². The van der Waals surface area contributed by atoms with Gasteiger partial charge in [-0.05, 0) is 55.5 Å². The third-order valence-electron chi connectivity index (χ3n) is 3.40. The van der Waals surface area contributed by atoms with Gasteiger partial charge in [-0.3, -0.25) is 0 Å². The molecular formula is C17H18N2O2S. The molecule has 0 saturated heterocycles. The number of hydrogen-bond donors (Lipinski definition) is 1. The monoisotopic (exact) mass is 314 g/mol. The number of aromatic nitrogens is 2. The minimum Gasteiger partial charge on any atom is -0.494 e. The largest absolute Gasteiger partial charge is 0.494 e. The minimum atomic E-state index is 0.560. The van der Waals surface area contributed by atoms with Crippen LogP contribution >= 0.6 is 12.2 Å². The van der Waals surface area contributed by atoms with Crippen LogP contribution in [0.4, 0.5) is 0 Å². The fourth-order valence-electron chi connectivity index (χ4n) is 2.38. The Morgan fingerprint density at radius 1 is 1.00 bits per heavy atom. The van der Waals surface area contributed by atoms with Crippen molar-refractivity contribution in [1.82, 2.24) is 9.55 Å². The van der Waals surface area contributed by atoms with Gasteiger partial charge in [0, 0.05) is 0 Å². The molecular weight excluding hydrogens is 296 g/mol. The van der Waals surface area contributed by atoms with E-state index in [1.165, 1.54) is 0 Å². The summed E-state index contributed by atoms with van der Waals surface area (Å²) in [4.78, 5) is 3.20. The van der Waals surface area contributed by atoms with Gasteiger partial charge in [0.1, 0.15) is 18.1 Å². The van der Waals surface area contributed by atoms with E-state index in [4.69, 9.17) is 21.7 Å². The second-order valence-corrected chi connectivity index (χ2v) is 5.24. The first kappa shape index (κ1) is 14.7. The molecule has 0 fully saturated rings. The first-order valence-corrected chi connectivity index (χ1v) is 7.72. The van der Waals surface area contributed by atoms with Crippen LogP contribution in [0.2, 0.25) is 0 Å². The number of benzene rings is 2. The second-order valence-electron chi connectivity index (χ2n) is 4.85. The quantitative estimate of drug-likeness (QED) is 0.694. The fourth-order valence-corrected chi connectivity index (χ4v) is 2.68. The summed E-state index contributed by atoms with van der Waals surface area (Å²) in [5.74, 6) is 1.68. The molecule has 0 aliphatic heterocycles. The molecule has 0 saturated carbocycles. The molecule has 0 spiro atoms. The van der Waals surface area contributed by atoms with E-state index in [9.17, 15) is 0 Å². The van der Waals surface area contributed by atoms with Gasteiger partial charge in [0.2, 0.25) is 0 Å². The Balaban J connectivity index is 1.65. The molecule has 22 heavy (non-hydrogen) atoms. The van der Waals surface area contributed by atoms with Crippen LogP contribution in [0.1, 0.15) is 6.92 Å². The van der Waals surface area contributed by atoms with Crippen molar-refractivity contribution in [3.63, 3.8) is 0 Å². The maximum Gasteiger partial charge on any atom is 0.178 e. The molecule has 114 valence electrons. The number of nitrogens with zero attached hydrogens (tertiary/aromatic N) is 1. The summed E-state index contributed by atoms with van der Waals surface area (Å²) in [5, 5.41) is 0. The number of imidazole rings is 1. The summed E-state index contributed by atoms with van der Waals surface area (Å²) in [7, 11) is 0. The van der Waals surface area contributed by atoms with Crippen LogP contribution in [0, 0.1) is 4.77 Å². The van der Waals surface area contributed by atoms with E-state index in [1.54, 1.807) is 0 Å². The maximum absolute atomic E-state index is 5.78. The third kappa shape index (κ3) is 3.14. The van der Waals surface area contributed by atoms with Crippen molar-refractivity contribution in [3.05, 3.63) is 53.3 Å². The zero-order valence-electron chi connectivity index (χ0n) is 12.4. The van der Waals surface area contributed by atoms with E-state index >= 15 is 0 Å². The van der Waals surface area contributed by atoms with Gasteiger partial charge < -0.3 is 19.0 Å². The van der Waals surface area contributed by atoms with E-state index in [0.29, 0.717) is 19.8 Å². The lowest BCUT2D eigenvalue weighted by Crippen LogP contribution is -2.08. The SMILES string of the molecule is CCOc1ccc(OCCn2c(=S)[nH]c3ccccc32)cc1. The Hall–Kier alpha value is -2.27. The average molecular weight is 314 g/mol. The lowest BCUT2D eigenvalue weighted by molar-refractivity contribution is 0.298. The Morgan fingerprint density at radius 2 is 1.68 bits per heavy atom. The van der Waals surface area contributed by atoms with Crippen LogP contribution in [0.25, 0.3) is 11.0 Å². The van der Waals surface area contributed by atoms with Gasteiger partial charge in [0.15, 0.2) is 4.77 Å². The maximum atomic E-state index is 5.78. The molecule has 3 aromatic rings. The van der Waals surface area contributed by atoms with Gasteiger partial charge in [0.25, 0.3) is 0 Å². The number of rotatable bonds is 6. The normalized spacial score (nSPS) is 10.8. The van der Waals surface area contributed by atoms with E-state index in [2.05, 4.69) is 15.6 Å². The number of fused-ring (bicyclic) bond motifs is 1. The van der Waals surface area contributed by atoms with Crippen molar-refractivity contribution in [2.45, 2.75) is 13.5 Å². The van der Waals surface area contributed by atoms with E-state index in [-0.39, 0.29) is 0 Å². The highest BCUT2D eigenvalue weighted by Crippen LogP contribution is 2.18. The van der Waals surface area contributed by atoms with Gasteiger partial charge in [-0.1, -0.05) is 12.1 Å². The van der Waals surface area contributed by atoms with Crippen LogP contribution in [0.15, 0.2) is 48.5 Å². The molecule has 2 aromatic carbocycles. The number of hydrogen-bond acceptors (Lipinski definition) is 3. The summed E-state index contributed by atoms with van der Waals surface area (Å²) < 4.78 is 14.0. The number of ether oxygens (including phenoxy) is 2. The zero-order valence-corrected chi connectivity index (χ0v) is 13.2. The Morgan fingerprint density at radius 3 is 2.41 bits per heavy atom. The molecule has 5 heteroatoms. The number of aromatic amines is 1. The van der Waals surface area contributed by atoms with Gasteiger partial charge in [-0.2, -0.15) is 0 Å². The van der Waals surface area contributed by atoms with Crippen LogP contribution in [-0.2, 0) is 6.54 Å². The molecule has 1 heterocycles. The van der Waals surface area contributed by atoms with Crippen molar-refractivity contribution in [2.75, 3.05) is 13.2 Å². The third-order valence-corrected chi connectivity index (χ3v) is 3.72. The number of H-pyrrole nitrogens is 1. The predicted octanol–water partition coefficient (Wildman–Crippen LogP) is 4.18. The van der Waals surface area contributed by atoms with Crippen LogP contribution in [0.5, 0.6) is 11.5 Å². The smallest absolute Gasteiger partial charge is 0.178 e. The van der Waals surface area contributed by atoms with E-state index < -0.39 is 0 Å². The molecule has 0 amide bonds. The van der Waals surface area contributed by atoms with Gasteiger partial charge in [-0.15, -0.1) is 0 Å². The fraction of sp³-hybridized carbons (Fsp3) is 0.235. The standard InChI is InChI=1S/C17H18N2O2S/c1-2-20-13-7-9-14(10-8-13)21-12-11-19-16-6-4-3-5-15(16)18-17(19)22/h3-10H,2,11-12H2,1H3,(H,18,22). The van der Waals surface area contributed by atoms with Crippen molar-refractivity contribution in [2.24, 2.45) is 0 Å². The first-order chi connectivity index (χ1) is 10.8. The van der Waals surface area contributed by atoms with Crippen LogP contribution in [0.3, 0.4) is 0 Å². The highest BCUT2D eigenvalue weighted by atomic mass is 32.1. The Labute approximate surface area is 134 Å². The number of para-hydroxylation sites is 2. The van der Waals surface area contributed by atoms with Crippen molar-refractivity contribution >= 4 is 23.3 Å². The predicted molar refractivity (Wildman–Crippen MR) is 90.2 cm³/mol. The highest BCUT2D eigenvalue weighted by molar-refractivity contribution is 7.71. The molecule has 0 atom stereocenters. The van der Waals surface area contributed by atoms with Crippen molar-refractivity contribution in [1.29, 1.82) is 0 Å².